The Balaban J connectivity index is 1.78. The van der Waals surface area contributed by atoms with Gasteiger partial charge in [-0.2, -0.15) is 0 Å². The zero-order valence-corrected chi connectivity index (χ0v) is 12.9. The van der Waals surface area contributed by atoms with Crippen molar-refractivity contribution in [2.24, 2.45) is 0 Å². The van der Waals surface area contributed by atoms with Gasteiger partial charge in [-0.05, 0) is 31.9 Å². The van der Waals surface area contributed by atoms with Crippen LogP contribution in [0, 0.1) is 6.92 Å². The summed E-state index contributed by atoms with van der Waals surface area (Å²) in [5.74, 6) is -0.0482. The number of carboxylic acids is 1. The summed E-state index contributed by atoms with van der Waals surface area (Å²) in [5, 5.41) is 14.3. The molecule has 0 saturated heterocycles. The Morgan fingerprint density at radius 3 is 2.68 bits per heavy atom. The molecule has 116 valence electrons. The highest BCUT2D eigenvalue weighted by Crippen LogP contribution is 2.31. The van der Waals surface area contributed by atoms with Crippen LogP contribution in [-0.4, -0.2) is 27.5 Å². The number of hydrogen-bond acceptors (Lipinski definition) is 5. The van der Waals surface area contributed by atoms with Gasteiger partial charge in [-0.3, -0.25) is 4.79 Å². The Bertz CT molecular complexity index is 713. The van der Waals surface area contributed by atoms with E-state index in [1.54, 1.807) is 11.4 Å². The van der Waals surface area contributed by atoms with Crippen molar-refractivity contribution in [3.05, 3.63) is 29.0 Å². The number of thiazole rings is 1. The molecule has 2 aromatic rings. The number of amides is 1. The first-order valence-electron chi connectivity index (χ1n) is 7.08. The van der Waals surface area contributed by atoms with Crippen molar-refractivity contribution in [2.75, 3.05) is 0 Å². The van der Waals surface area contributed by atoms with E-state index >= 15 is 0 Å². The van der Waals surface area contributed by atoms with Crippen LogP contribution in [0.2, 0.25) is 0 Å². The lowest BCUT2D eigenvalue weighted by atomic mass is 9.98. The van der Waals surface area contributed by atoms with E-state index in [0.717, 1.165) is 18.6 Å². The monoisotopic (exact) mass is 320 g/mol. The molecule has 0 unspecified atom stereocenters. The fourth-order valence-corrected chi connectivity index (χ4v) is 3.45. The fourth-order valence-electron chi connectivity index (χ4n) is 2.69. The maximum absolute atomic E-state index is 12.3. The van der Waals surface area contributed by atoms with Crippen molar-refractivity contribution < 1.29 is 19.1 Å². The van der Waals surface area contributed by atoms with E-state index in [1.807, 2.05) is 13.0 Å². The van der Waals surface area contributed by atoms with E-state index in [9.17, 15) is 14.7 Å². The third-order valence-electron chi connectivity index (χ3n) is 3.91. The van der Waals surface area contributed by atoms with Gasteiger partial charge in [0.25, 0.3) is 5.91 Å². The number of carbonyl (C=O) groups excluding carboxylic acids is 1. The van der Waals surface area contributed by atoms with Gasteiger partial charge in [-0.1, -0.05) is 12.8 Å². The highest BCUT2D eigenvalue weighted by atomic mass is 32.1. The molecule has 1 amide bonds. The number of nitrogens with zero attached hydrogens (tertiary/aromatic N) is 1. The molecule has 0 bridgehead atoms. The Kier molecular flexibility index (Phi) is 3.74. The van der Waals surface area contributed by atoms with Gasteiger partial charge in [0.05, 0.1) is 0 Å². The summed E-state index contributed by atoms with van der Waals surface area (Å²) in [5.41, 5.74) is -0.927. The van der Waals surface area contributed by atoms with Crippen LogP contribution in [-0.2, 0) is 4.79 Å². The van der Waals surface area contributed by atoms with E-state index in [-0.39, 0.29) is 5.69 Å². The van der Waals surface area contributed by atoms with E-state index < -0.39 is 17.4 Å². The standard InChI is InChI=1S/C15H16N2O4S/c1-9-4-5-11(21-9)13-16-10(8-22-13)12(18)17-15(14(19)20)6-2-3-7-15/h4-5,8H,2-3,6-7H2,1H3,(H,17,18)(H,19,20). The average Bonchev–Trinajstić information content (AvgIpc) is 3.17. The lowest BCUT2D eigenvalue weighted by Gasteiger charge is -2.24. The first-order valence-corrected chi connectivity index (χ1v) is 7.96. The normalized spacial score (nSPS) is 16.6. The lowest BCUT2D eigenvalue weighted by Crippen LogP contribution is -2.52. The van der Waals surface area contributed by atoms with E-state index in [2.05, 4.69) is 10.3 Å². The second-order valence-electron chi connectivity index (χ2n) is 5.50. The zero-order chi connectivity index (χ0) is 15.7. The Morgan fingerprint density at radius 1 is 1.36 bits per heavy atom. The van der Waals surface area contributed by atoms with Crippen molar-refractivity contribution in [3.8, 4) is 10.8 Å². The molecule has 3 rings (SSSR count). The predicted octanol–water partition coefficient (Wildman–Crippen LogP) is 2.84. The third kappa shape index (κ3) is 2.64. The quantitative estimate of drug-likeness (QED) is 0.903. The molecule has 6 nitrogen and oxygen atoms in total. The van der Waals surface area contributed by atoms with Gasteiger partial charge in [0.1, 0.15) is 17.0 Å². The maximum Gasteiger partial charge on any atom is 0.329 e. The summed E-state index contributed by atoms with van der Waals surface area (Å²) in [6, 6.07) is 3.62. The maximum atomic E-state index is 12.3. The second kappa shape index (κ2) is 5.57. The number of furan rings is 1. The van der Waals surface area contributed by atoms with Gasteiger partial charge in [-0.15, -0.1) is 11.3 Å². The Hall–Kier alpha value is -2.15. The summed E-state index contributed by atoms with van der Waals surface area (Å²) in [7, 11) is 0. The molecule has 2 heterocycles. The molecule has 0 spiro atoms. The topological polar surface area (TPSA) is 92.4 Å². The number of aliphatic carboxylic acids is 1. The van der Waals surface area contributed by atoms with Crippen LogP contribution in [0.25, 0.3) is 10.8 Å². The summed E-state index contributed by atoms with van der Waals surface area (Å²) in [6.45, 7) is 1.83. The molecule has 1 saturated carbocycles. The fraction of sp³-hybridized carbons (Fsp3) is 0.400. The number of carbonyl (C=O) groups is 2. The molecular weight excluding hydrogens is 304 g/mol. The van der Waals surface area contributed by atoms with E-state index in [4.69, 9.17) is 4.42 Å². The predicted molar refractivity (Wildman–Crippen MR) is 80.9 cm³/mol. The number of nitrogens with one attached hydrogen (secondary N) is 1. The van der Waals surface area contributed by atoms with Gasteiger partial charge in [-0.25, -0.2) is 9.78 Å². The first kappa shape index (κ1) is 14.8. The van der Waals surface area contributed by atoms with Crippen molar-refractivity contribution in [1.82, 2.24) is 10.3 Å². The largest absolute Gasteiger partial charge is 0.480 e. The van der Waals surface area contributed by atoms with Crippen LogP contribution >= 0.6 is 11.3 Å². The number of hydrogen-bond donors (Lipinski definition) is 2. The van der Waals surface area contributed by atoms with Crippen LogP contribution in [0.15, 0.2) is 21.9 Å². The summed E-state index contributed by atoms with van der Waals surface area (Å²) >= 11 is 1.30. The summed E-state index contributed by atoms with van der Waals surface area (Å²) < 4.78 is 5.48. The number of carboxylic acid groups (broad SMARTS) is 1. The molecule has 7 heteroatoms. The minimum atomic E-state index is -1.15. The molecule has 0 radical (unpaired) electrons. The molecule has 1 fully saturated rings. The van der Waals surface area contributed by atoms with Crippen LogP contribution in [0.1, 0.15) is 41.9 Å². The average molecular weight is 320 g/mol. The molecule has 1 aliphatic rings. The van der Waals surface area contributed by atoms with E-state index in [1.165, 1.54) is 11.3 Å². The minimum absolute atomic E-state index is 0.224. The highest BCUT2D eigenvalue weighted by molar-refractivity contribution is 7.13. The number of aromatic nitrogens is 1. The zero-order valence-electron chi connectivity index (χ0n) is 12.1. The molecular formula is C15H16N2O4S. The lowest BCUT2D eigenvalue weighted by molar-refractivity contribution is -0.144. The van der Waals surface area contributed by atoms with Crippen molar-refractivity contribution in [2.45, 2.75) is 38.1 Å². The van der Waals surface area contributed by atoms with Crippen LogP contribution in [0.4, 0.5) is 0 Å². The smallest absolute Gasteiger partial charge is 0.329 e. The van der Waals surface area contributed by atoms with Gasteiger partial charge in [0.15, 0.2) is 10.8 Å². The minimum Gasteiger partial charge on any atom is -0.480 e. The Labute approximate surface area is 131 Å². The van der Waals surface area contributed by atoms with Gasteiger partial charge in [0.2, 0.25) is 0 Å². The van der Waals surface area contributed by atoms with Gasteiger partial charge >= 0.3 is 5.97 Å². The third-order valence-corrected chi connectivity index (χ3v) is 4.76. The number of aryl methyl sites for hydroxylation is 1. The summed E-state index contributed by atoms with van der Waals surface area (Å²) in [4.78, 5) is 28.0. The molecule has 2 N–H and O–H groups in total. The molecule has 2 aromatic heterocycles. The highest BCUT2D eigenvalue weighted by Gasteiger charge is 2.43. The SMILES string of the molecule is Cc1ccc(-c2nc(C(=O)NC3(C(=O)O)CCCC3)cs2)o1. The van der Waals surface area contributed by atoms with Crippen LogP contribution in [0.3, 0.4) is 0 Å². The van der Waals surface area contributed by atoms with Crippen molar-refractivity contribution >= 4 is 23.2 Å². The summed E-state index contributed by atoms with van der Waals surface area (Å²) in [6.07, 6.45) is 2.53. The number of rotatable bonds is 4. The molecule has 0 atom stereocenters. The van der Waals surface area contributed by atoms with Crippen molar-refractivity contribution in [1.29, 1.82) is 0 Å². The van der Waals surface area contributed by atoms with Crippen LogP contribution in [0.5, 0.6) is 0 Å². The van der Waals surface area contributed by atoms with Crippen molar-refractivity contribution in [3.63, 3.8) is 0 Å². The second-order valence-corrected chi connectivity index (χ2v) is 6.35. The van der Waals surface area contributed by atoms with Gasteiger partial charge < -0.3 is 14.8 Å². The van der Waals surface area contributed by atoms with Crippen LogP contribution < -0.4 is 5.32 Å². The Morgan fingerprint density at radius 2 is 2.09 bits per heavy atom. The first-order chi connectivity index (χ1) is 10.5. The van der Waals surface area contributed by atoms with E-state index in [0.29, 0.717) is 23.6 Å². The molecule has 0 aliphatic heterocycles. The molecule has 22 heavy (non-hydrogen) atoms. The van der Waals surface area contributed by atoms with Gasteiger partial charge in [0, 0.05) is 5.38 Å². The molecule has 1 aliphatic carbocycles. The molecule has 0 aromatic carbocycles.